The average molecular weight is 385 g/mol. The zero-order chi connectivity index (χ0) is 19.7. The molecule has 0 saturated carbocycles. The van der Waals surface area contributed by atoms with E-state index < -0.39 is 12.2 Å². The number of fused-ring (bicyclic) bond motifs is 1. The molecule has 6 nitrogen and oxygen atoms in total. The maximum Gasteiger partial charge on any atom is 0.237 e. The summed E-state index contributed by atoms with van der Waals surface area (Å²) in [5, 5.41) is 13.1. The molecule has 3 heterocycles. The molecular weight excluding hydrogens is 364 g/mol. The number of benzene rings is 1. The molecule has 28 heavy (non-hydrogen) atoms. The van der Waals surface area contributed by atoms with Gasteiger partial charge in [0.15, 0.2) is 0 Å². The number of aromatic nitrogens is 1. The minimum Gasteiger partial charge on any atom is -0.378 e. The summed E-state index contributed by atoms with van der Waals surface area (Å²) in [4.78, 5) is 20.0. The third kappa shape index (κ3) is 3.62. The van der Waals surface area contributed by atoms with E-state index in [4.69, 9.17) is 5.26 Å². The molecule has 0 radical (unpaired) electrons. The summed E-state index contributed by atoms with van der Waals surface area (Å²) in [6.07, 6.45) is 1.38. The minimum absolute atomic E-state index is 0.00706. The number of rotatable bonds is 4. The van der Waals surface area contributed by atoms with Gasteiger partial charge in [-0.15, -0.1) is 0 Å². The molecule has 0 bridgehead atoms. The second-order valence-electron chi connectivity index (χ2n) is 7.38. The van der Waals surface area contributed by atoms with Gasteiger partial charge in [0.05, 0.1) is 30.4 Å². The lowest BCUT2D eigenvalue weighted by Gasteiger charge is -2.23. The number of hydrogen-bond acceptors (Lipinski definition) is 5. The highest BCUT2D eigenvalue weighted by Gasteiger charge is 2.36. The Bertz CT molecular complexity index is 930. The summed E-state index contributed by atoms with van der Waals surface area (Å²) >= 11 is 0. The van der Waals surface area contributed by atoms with E-state index in [0.29, 0.717) is 24.3 Å². The summed E-state index contributed by atoms with van der Waals surface area (Å²) in [5.41, 5.74) is 1.14. The van der Waals surface area contributed by atoms with E-state index in [-0.39, 0.29) is 37.3 Å². The number of nitrogens with zero attached hydrogens (tertiary/aromatic N) is 4. The number of amides is 1. The zero-order valence-corrected chi connectivity index (χ0v) is 15.3. The van der Waals surface area contributed by atoms with Gasteiger partial charge in [-0.1, -0.05) is 0 Å². The Labute approximate surface area is 161 Å². The summed E-state index contributed by atoms with van der Waals surface area (Å²) in [6, 6.07) is 7.95. The Morgan fingerprint density at radius 2 is 2.21 bits per heavy atom. The first-order valence-electron chi connectivity index (χ1n) is 9.40. The molecule has 1 aromatic carbocycles. The normalized spacial score (nSPS) is 25.2. The molecule has 2 aliphatic rings. The first-order chi connectivity index (χ1) is 13.5. The van der Waals surface area contributed by atoms with Crippen LogP contribution < -0.4 is 5.32 Å². The van der Waals surface area contributed by atoms with Gasteiger partial charge < -0.3 is 10.2 Å². The predicted molar refractivity (Wildman–Crippen MR) is 101 cm³/mol. The fourth-order valence-electron chi connectivity index (χ4n) is 4.04. The maximum absolute atomic E-state index is 14.4. The van der Waals surface area contributed by atoms with Crippen molar-refractivity contribution in [1.29, 1.82) is 5.26 Å². The van der Waals surface area contributed by atoms with Crippen LogP contribution in [0.25, 0.3) is 10.9 Å². The van der Waals surface area contributed by atoms with Crippen LogP contribution in [0.3, 0.4) is 0 Å². The quantitative estimate of drug-likeness (QED) is 0.875. The van der Waals surface area contributed by atoms with Gasteiger partial charge in [-0.3, -0.25) is 14.7 Å². The van der Waals surface area contributed by atoms with Crippen molar-refractivity contribution in [3.05, 3.63) is 36.3 Å². The molecule has 146 valence electrons. The second kappa shape index (κ2) is 7.68. The van der Waals surface area contributed by atoms with Crippen molar-refractivity contribution in [3.8, 4) is 6.07 Å². The third-order valence-corrected chi connectivity index (χ3v) is 5.43. The van der Waals surface area contributed by atoms with E-state index in [0.717, 1.165) is 11.8 Å². The maximum atomic E-state index is 14.4. The van der Waals surface area contributed by atoms with Crippen LogP contribution in [0.4, 0.5) is 14.5 Å². The van der Waals surface area contributed by atoms with Crippen molar-refractivity contribution in [2.75, 3.05) is 31.5 Å². The predicted octanol–water partition coefficient (Wildman–Crippen LogP) is 2.32. The number of hydrogen-bond donors (Lipinski definition) is 1. The molecule has 2 aliphatic heterocycles. The first kappa shape index (κ1) is 18.6. The van der Waals surface area contributed by atoms with Crippen LogP contribution in [0.5, 0.6) is 0 Å². The highest BCUT2D eigenvalue weighted by Crippen LogP contribution is 2.27. The van der Waals surface area contributed by atoms with Gasteiger partial charge in [-0.25, -0.2) is 8.78 Å². The lowest BCUT2D eigenvalue weighted by atomic mass is 10.1. The van der Waals surface area contributed by atoms with Gasteiger partial charge in [-0.05, 0) is 30.7 Å². The van der Waals surface area contributed by atoms with Crippen LogP contribution >= 0.6 is 0 Å². The Morgan fingerprint density at radius 1 is 1.36 bits per heavy atom. The number of anilines is 1. The standard InChI is InChI=1S/C20H21F2N5O/c21-13-8-15(9-23)27(10-13)19(28)12-26-7-5-14(11-26)25-20-16-2-1-6-24-18(16)4-3-17(20)22/h1-4,6,13-15,25H,5,7-8,10-12H2/t13-,14-,15?/m0/s1. The monoisotopic (exact) mass is 385 g/mol. The number of pyridine rings is 1. The summed E-state index contributed by atoms with van der Waals surface area (Å²) in [5.74, 6) is -0.564. The van der Waals surface area contributed by atoms with Gasteiger partial charge in [0.1, 0.15) is 18.0 Å². The third-order valence-electron chi connectivity index (χ3n) is 5.43. The van der Waals surface area contributed by atoms with Crippen LogP contribution in [0.2, 0.25) is 0 Å². The fourth-order valence-corrected chi connectivity index (χ4v) is 4.04. The largest absolute Gasteiger partial charge is 0.378 e. The Kier molecular flexibility index (Phi) is 5.09. The molecule has 1 N–H and O–H groups in total. The number of alkyl halides is 1. The highest BCUT2D eigenvalue weighted by atomic mass is 19.1. The fraction of sp³-hybridized carbons (Fsp3) is 0.450. The smallest absolute Gasteiger partial charge is 0.237 e. The van der Waals surface area contributed by atoms with Crippen LogP contribution in [0.1, 0.15) is 12.8 Å². The lowest BCUT2D eigenvalue weighted by Crippen LogP contribution is -2.42. The van der Waals surface area contributed by atoms with Crippen molar-refractivity contribution >= 4 is 22.5 Å². The van der Waals surface area contributed by atoms with Gasteiger partial charge in [0, 0.05) is 37.1 Å². The van der Waals surface area contributed by atoms with E-state index >= 15 is 0 Å². The van der Waals surface area contributed by atoms with E-state index in [9.17, 15) is 13.6 Å². The van der Waals surface area contributed by atoms with Gasteiger partial charge in [0.2, 0.25) is 5.91 Å². The Morgan fingerprint density at radius 3 is 3.04 bits per heavy atom. The van der Waals surface area contributed by atoms with Crippen LogP contribution in [-0.4, -0.2) is 65.1 Å². The molecule has 3 atom stereocenters. The first-order valence-corrected chi connectivity index (χ1v) is 9.40. The minimum atomic E-state index is -1.13. The molecule has 1 amide bonds. The molecule has 1 aromatic heterocycles. The summed E-state index contributed by atoms with van der Waals surface area (Å²) in [7, 11) is 0. The van der Waals surface area contributed by atoms with Crippen molar-refractivity contribution in [1.82, 2.24) is 14.8 Å². The SMILES string of the molecule is N#CC1C[C@H](F)CN1C(=O)CN1CC[C@H](Nc2c(F)ccc3ncccc23)C1. The number of halogens is 2. The highest BCUT2D eigenvalue weighted by molar-refractivity contribution is 5.91. The van der Waals surface area contributed by atoms with Crippen LogP contribution in [-0.2, 0) is 4.79 Å². The zero-order valence-electron chi connectivity index (χ0n) is 15.3. The molecule has 4 rings (SSSR count). The van der Waals surface area contributed by atoms with Gasteiger partial charge in [0.25, 0.3) is 0 Å². The topological polar surface area (TPSA) is 72.3 Å². The van der Waals surface area contributed by atoms with E-state index in [1.807, 2.05) is 17.0 Å². The van der Waals surface area contributed by atoms with Crippen molar-refractivity contribution in [2.45, 2.75) is 31.1 Å². The molecule has 8 heteroatoms. The van der Waals surface area contributed by atoms with Crippen molar-refractivity contribution < 1.29 is 13.6 Å². The van der Waals surface area contributed by atoms with Crippen molar-refractivity contribution in [2.24, 2.45) is 0 Å². The van der Waals surface area contributed by atoms with E-state index in [1.165, 1.54) is 11.0 Å². The van der Waals surface area contributed by atoms with Crippen LogP contribution in [0.15, 0.2) is 30.5 Å². The number of carbonyl (C=O) groups is 1. The Hall–Kier alpha value is -2.79. The molecule has 1 unspecified atom stereocenters. The molecule has 2 fully saturated rings. The van der Waals surface area contributed by atoms with E-state index in [1.54, 1.807) is 18.3 Å². The molecule has 2 saturated heterocycles. The van der Waals surface area contributed by atoms with Gasteiger partial charge in [-0.2, -0.15) is 5.26 Å². The van der Waals surface area contributed by atoms with Gasteiger partial charge >= 0.3 is 0 Å². The average Bonchev–Trinajstić information content (AvgIpc) is 3.30. The number of carbonyl (C=O) groups excluding carboxylic acids is 1. The summed E-state index contributed by atoms with van der Waals surface area (Å²) in [6.45, 7) is 1.38. The number of likely N-dealkylation sites (tertiary alicyclic amines) is 2. The molecule has 2 aromatic rings. The molecule has 0 spiro atoms. The lowest BCUT2D eigenvalue weighted by molar-refractivity contribution is -0.132. The second-order valence-corrected chi connectivity index (χ2v) is 7.38. The molecule has 0 aliphatic carbocycles. The van der Waals surface area contributed by atoms with E-state index in [2.05, 4.69) is 10.3 Å². The van der Waals surface area contributed by atoms with Crippen LogP contribution in [0, 0.1) is 17.1 Å². The number of nitriles is 1. The molecular formula is C20H21F2N5O. The number of nitrogens with one attached hydrogen (secondary N) is 1. The summed E-state index contributed by atoms with van der Waals surface area (Å²) < 4.78 is 27.9. The Balaban J connectivity index is 1.40. The van der Waals surface area contributed by atoms with Crippen molar-refractivity contribution in [3.63, 3.8) is 0 Å².